The molecular weight excluding hydrogens is 246 g/mol. The molecule has 1 fully saturated rings. The van der Waals surface area contributed by atoms with E-state index in [1.165, 1.54) is 6.07 Å². The van der Waals surface area contributed by atoms with Crippen LogP contribution in [0.3, 0.4) is 0 Å². The molecule has 1 unspecified atom stereocenters. The Kier molecular flexibility index (Phi) is 4.34. The highest BCUT2D eigenvalue weighted by Crippen LogP contribution is 2.28. The number of nitrogens with two attached hydrogens (primary N) is 1. The second kappa shape index (κ2) is 5.99. The molecule has 0 saturated carbocycles. The van der Waals surface area contributed by atoms with Crippen LogP contribution < -0.4 is 10.5 Å². The SMILES string of the molecule is COc1ccc([N+](=O)[O-])cc1CN1CCCC1CN. The lowest BCUT2D eigenvalue weighted by molar-refractivity contribution is -0.385. The van der Waals surface area contributed by atoms with Gasteiger partial charge in [-0.15, -0.1) is 0 Å². The Morgan fingerprint density at radius 1 is 1.58 bits per heavy atom. The lowest BCUT2D eigenvalue weighted by atomic mass is 10.1. The number of nitrogens with zero attached hydrogens (tertiary/aromatic N) is 2. The molecule has 0 amide bonds. The monoisotopic (exact) mass is 265 g/mol. The van der Waals surface area contributed by atoms with E-state index in [4.69, 9.17) is 10.5 Å². The maximum absolute atomic E-state index is 10.8. The molecule has 1 aromatic rings. The van der Waals surface area contributed by atoms with E-state index in [0.717, 1.165) is 24.9 Å². The van der Waals surface area contributed by atoms with E-state index < -0.39 is 0 Å². The van der Waals surface area contributed by atoms with E-state index in [1.54, 1.807) is 19.2 Å². The van der Waals surface area contributed by atoms with Gasteiger partial charge in [0.2, 0.25) is 0 Å². The normalized spacial score (nSPS) is 19.6. The first-order valence-corrected chi connectivity index (χ1v) is 6.41. The highest BCUT2D eigenvalue weighted by Gasteiger charge is 2.24. The first-order valence-electron chi connectivity index (χ1n) is 6.41. The van der Waals surface area contributed by atoms with Crippen molar-refractivity contribution in [1.82, 2.24) is 4.90 Å². The lowest BCUT2D eigenvalue weighted by Gasteiger charge is -2.23. The quantitative estimate of drug-likeness (QED) is 0.645. The van der Waals surface area contributed by atoms with E-state index in [2.05, 4.69) is 4.90 Å². The number of nitro benzene ring substituents is 1. The van der Waals surface area contributed by atoms with Crippen molar-refractivity contribution in [3.8, 4) is 5.75 Å². The van der Waals surface area contributed by atoms with Crippen LogP contribution in [0.4, 0.5) is 5.69 Å². The van der Waals surface area contributed by atoms with Gasteiger partial charge >= 0.3 is 0 Å². The second-order valence-corrected chi connectivity index (χ2v) is 4.76. The van der Waals surface area contributed by atoms with Gasteiger partial charge < -0.3 is 10.5 Å². The molecule has 1 aliphatic heterocycles. The summed E-state index contributed by atoms with van der Waals surface area (Å²) in [6.45, 7) is 2.25. The Morgan fingerprint density at radius 2 is 2.37 bits per heavy atom. The Hall–Kier alpha value is -1.66. The summed E-state index contributed by atoms with van der Waals surface area (Å²) in [6.07, 6.45) is 2.22. The van der Waals surface area contributed by atoms with E-state index in [9.17, 15) is 10.1 Å². The van der Waals surface area contributed by atoms with E-state index in [0.29, 0.717) is 24.9 Å². The third kappa shape index (κ3) is 3.02. The van der Waals surface area contributed by atoms with Crippen molar-refractivity contribution < 1.29 is 9.66 Å². The third-order valence-corrected chi connectivity index (χ3v) is 3.62. The number of rotatable bonds is 5. The molecule has 0 aliphatic carbocycles. The summed E-state index contributed by atoms with van der Waals surface area (Å²) in [7, 11) is 1.58. The predicted octanol–water partition coefficient (Wildman–Crippen LogP) is 1.53. The fraction of sp³-hybridized carbons (Fsp3) is 0.538. The molecule has 6 heteroatoms. The molecule has 0 radical (unpaired) electrons. The topological polar surface area (TPSA) is 81.6 Å². The van der Waals surface area contributed by atoms with Crippen LogP contribution in [0.15, 0.2) is 18.2 Å². The standard InChI is InChI=1S/C13H19N3O3/c1-19-13-5-4-11(16(17)18)7-10(13)9-15-6-2-3-12(15)8-14/h4-5,7,12H,2-3,6,8-9,14H2,1H3. The molecule has 1 heterocycles. The van der Waals surface area contributed by atoms with Crippen LogP contribution in [0.2, 0.25) is 0 Å². The van der Waals surface area contributed by atoms with Crippen molar-refractivity contribution in [1.29, 1.82) is 0 Å². The third-order valence-electron chi connectivity index (χ3n) is 3.62. The molecule has 0 aromatic heterocycles. The summed E-state index contributed by atoms with van der Waals surface area (Å²) >= 11 is 0. The van der Waals surface area contributed by atoms with E-state index in [1.807, 2.05) is 0 Å². The molecule has 1 aromatic carbocycles. The molecule has 104 valence electrons. The van der Waals surface area contributed by atoms with Crippen molar-refractivity contribution in [2.45, 2.75) is 25.4 Å². The molecular formula is C13H19N3O3. The van der Waals surface area contributed by atoms with Gasteiger partial charge in [0, 0.05) is 36.8 Å². The van der Waals surface area contributed by atoms with Crippen LogP contribution in [0.25, 0.3) is 0 Å². The van der Waals surface area contributed by atoms with Crippen molar-refractivity contribution in [3.05, 3.63) is 33.9 Å². The zero-order valence-corrected chi connectivity index (χ0v) is 11.0. The highest BCUT2D eigenvalue weighted by atomic mass is 16.6. The Morgan fingerprint density at radius 3 is 3.00 bits per heavy atom. The van der Waals surface area contributed by atoms with Crippen LogP contribution in [-0.2, 0) is 6.54 Å². The van der Waals surface area contributed by atoms with Gasteiger partial charge in [0.05, 0.1) is 12.0 Å². The van der Waals surface area contributed by atoms with Crippen molar-refractivity contribution >= 4 is 5.69 Å². The number of non-ortho nitro benzene ring substituents is 1. The number of likely N-dealkylation sites (tertiary alicyclic amines) is 1. The fourth-order valence-corrected chi connectivity index (χ4v) is 2.59. The highest BCUT2D eigenvalue weighted by molar-refractivity contribution is 5.43. The summed E-state index contributed by atoms with van der Waals surface area (Å²) in [5.74, 6) is 0.688. The van der Waals surface area contributed by atoms with Gasteiger partial charge in [-0.1, -0.05) is 0 Å². The molecule has 1 saturated heterocycles. The zero-order valence-electron chi connectivity index (χ0n) is 11.0. The number of benzene rings is 1. The molecule has 6 nitrogen and oxygen atoms in total. The predicted molar refractivity (Wildman–Crippen MR) is 72.1 cm³/mol. The molecule has 2 N–H and O–H groups in total. The van der Waals surface area contributed by atoms with E-state index >= 15 is 0 Å². The zero-order chi connectivity index (χ0) is 13.8. The van der Waals surface area contributed by atoms with E-state index in [-0.39, 0.29) is 10.6 Å². The molecule has 0 spiro atoms. The molecule has 1 atom stereocenters. The maximum Gasteiger partial charge on any atom is 0.270 e. The van der Waals surface area contributed by atoms with Crippen molar-refractivity contribution in [2.75, 3.05) is 20.2 Å². The average molecular weight is 265 g/mol. The van der Waals surface area contributed by atoms with Crippen molar-refractivity contribution in [2.24, 2.45) is 5.73 Å². The van der Waals surface area contributed by atoms with Gasteiger partial charge in [0.1, 0.15) is 5.75 Å². The van der Waals surface area contributed by atoms with Gasteiger partial charge in [-0.3, -0.25) is 15.0 Å². The molecule has 19 heavy (non-hydrogen) atoms. The summed E-state index contributed by atoms with van der Waals surface area (Å²) in [5.41, 5.74) is 6.69. The Balaban J connectivity index is 2.22. The first kappa shape index (κ1) is 13.8. The molecule has 2 rings (SSSR count). The number of methoxy groups -OCH3 is 1. The lowest BCUT2D eigenvalue weighted by Crippen LogP contribution is -2.34. The van der Waals surface area contributed by atoms with Crippen LogP contribution in [0, 0.1) is 10.1 Å². The van der Waals surface area contributed by atoms with Crippen LogP contribution in [-0.4, -0.2) is 36.1 Å². The average Bonchev–Trinajstić information content (AvgIpc) is 2.85. The van der Waals surface area contributed by atoms with Gasteiger partial charge in [-0.2, -0.15) is 0 Å². The first-order chi connectivity index (χ1) is 9.15. The fourth-order valence-electron chi connectivity index (χ4n) is 2.59. The Labute approximate surface area is 112 Å². The summed E-state index contributed by atoms with van der Waals surface area (Å²) < 4.78 is 5.28. The second-order valence-electron chi connectivity index (χ2n) is 4.76. The number of ether oxygens (including phenoxy) is 1. The van der Waals surface area contributed by atoms with Gasteiger partial charge in [-0.05, 0) is 25.5 Å². The van der Waals surface area contributed by atoms with Gasteiger partial charge in [-0.25, -0.2) is 0 Å². The van der Waals surface area contributed by atoms with Gasteiger partial charge in [0.25, 0.3) is 5.69 Å². The summed E-state index contributed by atoms with van der Waals surface area (Å²) in [4.78, 5) is 12.7. The number of hydrogen-bond donors (Lipinski definition) is 1. The summed E-state index contributed by atoms with van der Waals surface area (Å²) in [6, 6.07) is 5.07. The van der Waals surface area contributed by atoms with Crippen LogP contribution in [0.1, 0.15) is 18.4 Å². The largest absolute Gasteiger partial charge is 0.496 e. The minimum atomic E-state index is -0.382. The number of nitro groups is 1. The maximum atomic E-state index is 10.8. The number of hydrogen-bond acceptors (Lipinski definition) is 5. The van der Waals surface area contributed by atoms with Crippen LogP contribution in [0.5, 0.6) is 5.75 Å². The Bertz CT molecular complexity index is 464. The van der Waals surface area contributed by atoms with Crippen LogP contribution >= 0.6 is 0 Å². The smallest absolute Gasteiger partial charge is 0.270 e. The molecule has 1 aliphatic rings. The van der Waals surface area contributed by atoms with Gasteiger partial charge in [0.15, 0.2) is 0 Å². The van der Waals surface area contributed by atoms with Crippen molar-refractivity contribution in [3.63, 3.8) is 0 Å². The minimum Gasteiger partial charge on any atom is -0.496 e. The molecule has 0 bridgehead atoms. The minimum absolute atomic E-state index is 0.0966. The summed E-state index contributed by atoms with van der Waals surface area (Å²) in [5, 5.41) is 10.8.